The minimum atomic E-state index is -1.08. The van der Waals surface area contributed by atoms with E-state index in [-0.39, 0.29) is 18.6 Å². The summed E-state index contributed by atoms with van der Waals surface area (Å²) in [7, 11) is 1.74. The minimum absolute atomic E-state index is 0.0712. The van der Waals surface area contributed by atoms with Gasteiger partial charge in [-0.05, 0) is 31.0 Å². The monoisotopic (exact) mass is 380 g/mol. The Morgan fingerprint density at radius 1 is 1.18 bits per heavy atom. The van der Waals surface area contributed by atoms with E-state index in [1.165, 1.54) is 4.90 Å². The predicted molar refractivity (Wildman–Crippen MR) is 106 cm³/mol. The summed E-state index contributed by atoms with van der Waals surface area (Å²) in [5.74, 6) is 0.431. The maximum atomic E-state index is 14.1. The Kier molecular flexibility index (Phi) is 5.12. The van der Waals surface area contributed by atoms with Gasteiger partial charge in [0.1, 0.15) is 12.0 Å². The number of benzene rings is 1. The third-order valence-corrected chi connectivity index (χ3v) is 5.02. The molecule has 3 aromatic rings. The van der Waals surface area contributed by atoms with E-state index in [4.69, 9.17) is 0 Å². The van der Waals surface area contributed by atoms with Crippen molar-refractivity contribution in [3.8, 4) is 11.3 Å². The third-order valence-electron chi connectivity index (χ3n) is 5.02. The van der Waals surface area contributed by atoms with Crippen LogP contribution >= 0.6 is 0 Å². The lowest BCUT2D eigenvalue weighted by molar-refractivity contribution is 0.126. The lowest BCUT2D eigenvalue weighted by Crippen LogP contribution is -2.52. The number of aromatic nitrogens is 3. The van der Waals surface area contributed by atoms with Crippen molar-refractivity contribution < 1.29 is 9.18 Å². The van der Waals surface area contributed by atoms with E-state index in [1.807, 2.05) is 18.2 Å². The Bertz CT molecular complexity index is 983. The molecule has 7 nitrogen and oxygen atoms in total. The molecular formula is C20H21FN6O. The largest absolute Gasteiger partial charge is 0.323 e. The van der Waals surface area contributed by atoms with Crippen molar-refractivity contribution in [2.45, 2.75) is 18.6 Å². The van der Waals surface area contributed by atoms with Gasteiger partial charge < -0.3 is 10.2 Å². The lowest BCUT2D eigenvalue weighted by Gasteiger charge is -2.34. The number of pyridine rings is 1. The quantitative estimate of drug-likeness (QED) is 0.730. The maximum Gasteiger partial charge on any atom is 0.323 e. The van der Waals surface area contributed by atoms with Crippen LogP contribution in [0.15, 0.2) is 49.1 Å². The molecule has 0 aliphatic carbocycles. The molecule has 0 radical (unpaired) electrons. The van der Waals surface area contributed by atoms with Crippen molar-refractivity contribution in [1.29, 1.82) is 0 Å². The number of hydrogen-bond donors (Lipinski definition) is 2. The summed E-state index contributed by atoms with van der Waals surface area (Å²) in [6.45, 7) is 0.573. The van der Waals surface area contributed by atoms with Crippen LogP contribution in [0.1, 0.15) is 6.42 Å². The SMILES string of the molecule is CN[C@H]1CCN(C(=O)Nc2cc3cc(-c4cnccn4)ccc3cn2)C[C@@H]1F. The van der Waals surface area contributed by atoms with Crippen LogP contribution in [0.3, 0.4) is 0 Å². The first-order chi connectivity index (χ1) is 13.6. The summed E-state index contributed by atoms with van der Waals surface area (Å²) in [6.07, 6.45) is 6.18. The van der Waals surface area contributed by atoms with Crippen LogP contribution in [-0.2, 0) is 0 Å². The maximum absolute atomic E-state index is 14.1. The van der Waals surface area contributed by atoms with Crippen LogP contribution in [0.2, 0.25) is 0 Å². The second-order valence-corrected chi connectivity index (χ2v) is 6.80. The number of halogens is 1. The van der Waals surface area contributed by atoms with Crippen LogP contribution in [0.4, 0.5) is 15.0 Å². The van der Waals surface area contributed by atoms with Crippen molar-refractivity contribution in [3.05, 3.63) is 49.1 Å². The lowest BCUT2D eigenvalue weighted by atomic mass is 10.0. The highest BCUT2D eigenvalue weighted by molar-refractivity contribution is 5.93. The van der Waals surface area contributed by atoms with Gasteiger partial charge in [0, 0.05) is 42.1 Å². The Labute approximate surface area is 162 Å². The van der Waals surface area contributed by atoms with Crippen molar-refractivity contribution in [1.82, 2.24) is 25.2 Å². The molecule has 2 aromatic heterocycles. The Hall–Kier alpha value is -3.13. The molecule has 0 bridgehead atoms. The first-order valence-corrected chi connectivity index (χ1v) is 9.17. The number of urea groups is 1. The van der Waals surface area contributed by atoms with E-state index in [1.54, 1.807) is 37.9 Å². The highest BCUT2D eigenvalue weighted by Gasteiger charge is 2.30. The summed E-state index contributed by atoms with van der Waals surface area (Å²) in [4.78, 5) is 26.7. The predicted octanol–water partition coefficient (Wildman–Crippen LogP) is 2.86. The van der Waals surface area contributed by atoms with Gasteiger partial charge in [-0.1, -0.05) is 12.1 Å². The molecule has 1 fully saturated rings. The van der Waals surface area contributed by atoms with Crippen LogP contribution in [0.25, 0.3) is 22.0 Å². The molecule has 1 aliphatic rings. The number of likely N-dealkylation sites (tertiary alicyclic amines) is 1. The van der Waals surface area contributed by atoms with E-state index in [2.05, 4.69) is 25.6 Å². The van der Waals surface area contributed by atoms with E-state index in [0.29, 0.717) is 18.8 Å². The molecule has 2 N–H and O–H groups in total. The zero-order chi connectivity index (χ0) is 19.5. The number of amides is 2. The summed E-state index contributed by atoms with van der Waals surface area (Å²) < 4.78 is 14.1. The second-order valence-electron chi connectivity index (χ2n) is 6.80. The molecule has 8 heteroatoms. The standard InChI is InChI=1S/C20H21FN6O/c1-22-17-4-7-27(12-16(17)21)20(28)26-19-9-15-8-13(2-3-14(15)10-25-19)18-11-23-5-6-24-18/h2-3,5-6,8-11,16-17,22H,4,7,12H2,1H3,(H,25,26,28)/t16-,17-/m0/s1. The number of fused-ring (bicyclic) bond motifs is 1. The third kappa shape index (κ3) is 3.77. The van der Waals surface area contributed by atoms with Crippen molar-refractivity contribution in [2.24, 2.45) is 0 Å². The Morgan fingerprint density at radius 2 is 2.07 bits per heavy atom. The number of piperidine rings is 1. The molecule has 4 rings (SSSR count). The fourth-order valence-electron chi connectivity index (χ4n) is 3.42. The van der Waals surface area contributed by atoms with E-state index < -0.39 is 6.17 Å². The van der Waals surface area contributed by atoms with Gasteiger partial charge in [-0.3, -0.25) is 15.3 Å². The normalized spacial score (nSPS) is 19.6. The summed E-state index contributed by atoms with van der Waals surface area (Å²) >= 11 is 0. The van der Waals surface area contributed by atoms with Gasteiger partial charge in [0.15, 0.2) is 0 Å². The molecule has 1 saturated heterocycles. The summed E-state index contributed by atoms with van der Waals surface area (Å²) in [6, 6.07) is 7.15. The number of nitrogens with zero attached hydrogens (tertiary/aromatic N) is 4. The number of alkyl halides is 1. The first kappa shape index (κ1) is 18.2. The second kappa shape index (κ2) is 7.85. The van der Waals surface area contributed by atoms with Crippen LogP contribution in [0, 0.1) is 0 Å². The highest BCUT2D eigenvalue weighted by atomic mass is 19.1. The van der Waals surface area contributed by atoms with Crippen LogP contribution in [-0.4, -0.2) is 58.2 Å². The Morgan fingerprint density at radius 3 is 2.82 bits per heavy atom. The fraction of sp³-hybridized carbons (Fsp3) is 0.300. The molecule has 0 saturated carbocycles. The molecule has 0 unspecified atom stereocenters. The van der Waals surface area contributed by atoms with Crippen molar-refractivity contribution >= 4 is 22.6 Å². The average Bonchev–Trinajstić information content (AvgIpc) is 2.73. The molecule has 0 spiro atoms. The number of carbonyl (C=O) groups excluding carboxylic acids is 1. The number of carbonyl (C=O) groups is 1. The molecule has 144 valence electrons. The number of anilines is 1. The number of hydrogen-bond acceptors (Lipinski definition) is 5. The molecule has 3 heterocycles. The Balaban J connectivity index is 1.52. The van der Waals surface area contributed by atoms with Gasteiger partial charge in [0.2, 0.25) is 0 Å². The van der Waals surface area contributed by atoms with Gasteiger partial charge in [-0.2, -0.15) is 0 Å². The fourth-order valence-corrected chi connectivity index (χ4v) is 3.42. The van der Waals surface area contributed by atoms with Crippen LogP contribution < -0.4 is 10.6 Å². The molecule has 2 atom stereocenters. The molecular weight excluding hydrogens is 359 g/mol. The van der Waals surface area contributed by atoms with E-state index >= 15 is 0 Å². The van der Waals surface area contributed by atoms with E-state index in [9.17, 15) is 9.18 Å². The van der Waals surface area contributed by atoms with Gasteiger partial charge >= 0.3 is 6.03 Å². The van der Waals surface area contributed by atoms with Gasteiger partial charge in [0.05, 0.1) is 18.4 Å². The zero-order valence-corrected chi connectivity index (χ0v) is 15.5. The molecule has 1 aliphatic heterocycles. The van der Waals surface area contributed by atoms with Crippen LogP contribution in [0.5, 0.6) is 0 Å². The molecule has 28 heavy (non-hydrogen) atoms. The average molecular weight is 380 g/mol. The minimum Gasteiger partial charge on any atom is -0.321 e. The van der Waals surface area contributed by atoms with Crippen molar-refractivity contribution in [3.63, 3.8) is 0 Å². The molecule has 1 aromatic carbocycles. The number of nitrogens with one attached hydrogen (secondary N) is 2. The summed E-state index contributed by atoms with van der Waals surface area (Å²) in [5, 5.41) is 7.59. The topological polar surface area (TPSA) is 83.0 Å². The van der Waals surface area contributed by atoms with Gasteiger partial charge in [-0.25, -0.2) is 14.2 Å². The molecule has 2 amide bonds. The van der Waals surface area contributed by atoms with Gasteiger partial charge in [0.25, 0.3) is 0 Å². The zero-order valence-electron chi connectivity index (χ0n) is 15.5. The van der Waals surface area contributed by atoms with Gasteiger partial charge in [-0.15, -0.1) is 0 Å². The smallest absolute Gasteiger partial charge is 0.321 e. The van der Waals surface area contributed by atoms with Crippen molar-refractivity contribution in [2.75, 3.05) is 25.5 Å². The first-order valence-electron chi connectivity index (χ1n) is 9.17. The number of rotatable bonds is 3. The van der Waals surface area contributed by atoms with E-state index in [0.717, 1.165) is 22.0 Å². The summed E-state index contributed by atoms with van der Waals surface area (Å²) in [5.41, 5.74) is 1.70. The highest BCUT2D eigenvalue weighted by Crippen LogP contribution is 2.24.